The number of halogens is 1. The average molecular weight is 341 g/mol. The predicted molar refractivity (Wildman–Crippen MR) is 99.4 cm³/mol. The molecule has 4 nitrogen and oxygen atoms in total. The van der Waals surface area contributed by atoms with Crippen LogP contribution in [-0.4, -0.2) is 21.3 Å². The van der Waals surface area contributed by atoms with Gasteiger partial charge in [0.15, 0.2) is 5.82 Å². The Morgan fingerprint density at radius 3 is 2.38 bits per heavy atom. The van der Waals surface area contributed by atoms with Gasteiger partial charge < -0.3 is 9.88 Å². The van der Waals surface area contributed by atoms with Crippen molar-refractivity contribution >= 4 is 17.3 Å². The van der Waals surface area contributed by atoms with E-state index in [1.54, 1.807) is 0 Å². The van der Waals surface area contributed by atoms with Gasteiger partial charge in [0.1, 0.15) is 5.82 Å². The number of benzene rings is 2. The molecule has 0 atom stereocenters. The average Bonchev–Trinajstić information content (AvgIpc) is 2.97. The second-order valence-corrected chi connectivity index (χ2v) is 6.90. The minimum absolute atomic E-state index is 0.183. The number of nitrogens with zero attached hydrogens (tertiary/aromatic N) is 3. The zero-order valence-electron chi connectivity index (χ0n) is 14.1. The van der Waals surface area contributed by atoms with E-state index in [1.165, 1.54) is 0 Å². The summed E-state index contributed by atoms with van der Waals surface area (Å²) >= 11 is 6.30. The molecule has 2 aromatic carbocycles. The molecule has 0 bridgehead atoms. The summed E-state index contributed by atoms with van der Waals surface area (Å²) < 4.78 is 2.02. The molecule has 0 aliphatic carbocycles. The third-order valence-corrected chi connectivity index (χ3v) is 4.43. The molecule has 0 saturated heterocycles. The van der Waals surface area contributed by atoms with E-state index in [0.29, 0.717) is 5.02 Å². The van der Waals surface area contributed by atoms with Crippen LogP contribution < -0.4 is 5.32 Å². The van der Waals surface area contributed by atoms with E-state index in [0.717, 1.165) is 29.4 Å². The highest BCUT2D eigenvalue weighted by Gasteiger charge is 2.28. The topological polar surface area (TPSA) is 42.7 Å². The Kier molecular flexibility index (Phi) is 4.58. The molecule has 0 unspecified atom stereocenters. The van der Waals surface area contributed by atoms with Crippen molar-refractivity contribution in [1.29, 1.82) is 0 Å². The Balaban J connectivity index is 1.85. The van der Waals surface area contributed by atoms with Crippen molar-refractivity contribution in [3.63, 3.8) is 0 Å². The van der Waals surface area contributed by atoms with E-state index in [4.69, 9.17) is 11.6 Å². The number of aromatic nitrogens is 3. The van der Waals surface area contributed by atoms with Gasteiger partial charge in [-0.2, -0.15) is 0 Å². The molecule has 0 amide bonds. The van der Waals surface area contributed by atoms with Crippen LogP contribution in [-0.2, 0) is 12.5 Å². The molecule has 0 fully saturated rings. The lowest BCUT2D eigenvalue weighted by Gasteiger charge is -2.24. The second kappa shape index (κ2) is 6.65. The molecule has 0 spiro atoms. The fourth-order valence-electron chi connectivity index (χ4n) is 2.75. The van der Waals surface area contributed by atoms with Crippen molar-refractivity contribution in [1.82, 2.24) is 14.8 Å². The number of hydrogen-bond donors (Lipinski definition) is 1. The van der Waals surface area contributed by atoms with Gasteiger partial charge in [-0.15, -0.1) is 10.2 Å². The molecule has 0 aliphatic heterocycles. The molecule has 3 aromatic rings. The number of nitrogens with one attached hydrogen (secondary N) is 1. The van der Waals surface area contributed by atoms with Gasteiger partial charge in [0.05, 0.1) is 5.02 Å². The normalized spacial score (nSPS) is 11.5. The Bertz CT molecular complexity index is 824. The van der Waals surface area contributed by atoms with Crippen LogP contribution >= 0.6 is 11.6 Å². The molecule has 24 heavy (non-hydrogen) atoms. The minimum atomic E-state index is -0.183. The van der Waals surface area contributed by atoms with Crippen LogP contribution in [0.25, 0.3) is 11.4 Å². The monoisotopic (exact) mass is 340 g/mol. The summed E-state index contributed by atoms with van der Waals surface area (Å²) in [4.78, 5) is 0. The van der Waals surface area contributed by atoms with E-state index in [2.05, 4.69) is 41.5 Å². The molecular weight excluding hydrogens is 320 g/mol. The van der Waals surface area contributed by atoms with Gasteiger partial charge >= 0.3 is 0 Å². The molecule has 0 aliphatic rings. The largest absolute Gasteiger partial charge is 0.384 e. The zero-order valence-corrected chi connectivity index (χ0v) is 14.9. The van der Waals surface area contributed by atoms with Crippen LogP contribution in [0.1, 0.15) is 19.7 Å². The molecule has 124 valence electrons. The van der Waals surface area contributed by atoms with Crippen LogP contribution in [0.3, 0.4) is 0 Å². The predicted octanol–water partition coefficient (Wildman–Crippen LogP) is 4.53. The first-order chi connectivity index (χ1) is 11.5. The first-order valence-electron chi connectivity index (χ1n) is 7.93. The number of hydrogen-bond acceptors (Lipinski definition) is 3. The van der Waals surface area contributed by atoms with Crippen LogP contribution in [0, 0.1) is 0 Å². The van der Waals surface area contributed by atoms with Crippen LogP contribution in [0.2, 0.25) is 5.02 Å². The smallest absolute Gasteiger partial charge is 0.165 e. The highest BCUT2D eigenvalue weighted by Crippen LogP contribution is 2.29. The van der Waals surface area contributed by atoms with Gasteiger partial charge in [-0.3, -0.25) is 0 Å². The number of para-hydroxylation sites is 1. The maximum Gasteiger partial charge on any atom is 0.165 e. The van der Waals surface area contributed by atoms with Crippen molar-refractivity contribution in [2.24, 2.45) is 7.05 Å². The lowest BCUT2D eigenvalue weighted by Crippen LogP contribution is -2.31. The van der Waals surface area contributed by atoms with Crippen molar-refractivity contribution in [2.75, 3.05) is 11.9 Å². The molecule has 1 aromatic heterocycles. The molecule has 0 saturated carbocycles. The van der Waals surface area contributed by atoms with E-state index in [1.807, 2.05) is 54.1 Å². The van der Waals surface area contributed by atoms with Crippen LogP contribution in [0.4, 0.5) is 5.69 Å². The lowest BCUT2D eigenvalue weighted by molar-refractivity contribution is 0.497. The summed E-state index contributed by atoms with van der Waals surface area (Å²) in [6.45, 7) is 5.07. The summed E-state index contributed by atoms with van der Waals surface area (Å²) in [6.07, 6.45) is 0. The van der Waals surface area contributed by atoms with Crippen LogP contribution in [0.15, 0.2) is 54.6 Å². The van der Waals surface area contributed by atoms with Gasteiger partial charge in [-0.05, 0) is 24.3 Å². The van der Waals surface area contributed by atoms with Gasteiger partial charge in [0, 0.05) is 30.3 Å². The second-order valence-electron chi connectivity index (χ2n) is 6.49. The Hall–Kier alpha value is -2.33. The fraction of sp³-hybridized carbons (Fsp3) is 0.263. The van der Waals surface area contributed by atoms with E-state index < -0.39 is 0 Å². The maximum atomic E-state index is 6.30. The standard InChI is InChI=1S/C19H21ClN4/c1-19(2,13-21-14-9-5-4-6-10-14)18-23-22-17(24(18)3)15-11-7-8-12-16(15)20/h4-12,21H,13H2,1-3H3. The first kappa shape index (κ1) is 16.5. The third-order valence-electron chi connectivity index (χ3n) is 4.10. The molecule has 1 N–H and O–H groups in total. The minimum Gasteiger partial charge on any atom is -0.384 e. The fourth-order valence-corrected chi connectivity index (χ4v) is 2.97. The molecule has 3 rings (SSSR count). The van der Waals surface area contributed by atoms with Gasteiger partial charge in [-0.25, -0.2) is 0 Å². The summed E-state index contributed by atoms with van der Waals surface area (Å²) in [6, 6.07) is 17.9. The highest BCUT2D eigenvalue weighted by molar-refractivity contribution is 6.33. The van der Waals surface area contributed by atoms with Crippen molar-refractivity contribution in [3.8, 4) is 11.4 Å². The summed E-state index contributed by atoms with van der Waals surface area (Å²) in [7, 11) is 1.98. The SMILES string of the molecule is Cn1c(-c2ccccc2Cl)nnc1C(C)(C)CNc1ccccc1. The Morgan fingerprint density at radius 2 is 1.67 bits per heavy atom. The van der Waals surface area contributed by atoms with E-state index >= 15 is 0 Å². The quantitative estimate of drug-likeness (QED) is 0.742. The van der Waals surface area contributed by atoms with Crippen molar-refractivity contribution < 1.29 is 0 Å². The molecule has 0 radical (unpaired) electrons. The Labute approximate surface area is 147 Å². The molecule has 5 heteroatoms. The van der Waals surface area contributed by atoms with Gasteiger partial charge in [0.2, 0.25) is 0 Å². The lowest BCUT2D eigenvalue weighted by atomic mass is 9.92. The first-order valence-corrected chi connectivity index (χ1v) is 8.30. The number of rotatable bonds is 5. The van der Waals surface area contributed by atoms with E-state index in [9.17, 15) is 0 Å². The van der Waals surface area contributed by atoms with Crippen molar-refractivity contribution in [2.45, 2.75) is 19.3 Å². The summed E-state index contributed by atoms with van der Waals surface area (Å²) in [5, 5.41) is 12.9. The van der Waals surface area contributed by atoms with E-state index in [-0.39, 0.29) is 5.41 Å². The maximum absolute atomic E-state index is 6.30. The highest BCUT2D eigenvalue weighted by atomic mass is 35.5. The third kappa shape index (κ3) is 3.29. The Morgan fingerprint density at radius 1 is 1.00 bits per heavy atom. The van der Waals surface area contributed by atoms with Gasteiger partial charge in [0.25, 0.3) is 0 Å². The van der Waals surface area contributed by atoms with Crippen LogP contribution in [0.5, 0.6) is 0 Å². The number of anilines is 1. The van der Waals surface area contributed by atoms with Crippen molar-refractivity contribution in [3.05, 3.63) is 65.4 Å². The zero-order chi connectivity index (χ0) is 17.2. The van der Waals surface area contributed by atoms with Gasteiger partial charge in [-0.1, -0.05) is 55.8 Å². The summed E-state index contributed by atoms with van der Waals surface area (Å²) in [5.41, 5.74) is 1.81. The summed E-state index contributed by atoms with van der Waals surface area (Å²) in [5.74, 6) is 1.70. The molecular formula is C19H21ClN4. The molecule has 1 heterocycles.